The zero-order valence-electron chi connectivity index (χ0n) is 12.6. The van der Waals surface area contributed by atoms with Gasteiger partial charge in [0, 0.05) is 11.9 Å². The first-order valence-electron chi connectivity index (χ1n) is 7.17. The Labute approximate surface area is 132 Å². The number of ether oxygens (including phenoxy) is 2. The summed E-state index contributed by atoms with van der Waals surface area (Å²) in [6.45, 7) is 0.578. The van der Waals surface area contributed by atoms with Gasteiger partial charge in [-0.1, -0.05) is 6.07 Å². The summed E-state index contributed by atoms with van der Waals surface area (Å²) in [6, 6.07) is 8.83. The summed E-state index contributed by atoms with van der Waals surface area (Å²) in [6.07, 6.45) is -0.989. The second-order valence-electron chi connectivity index (χ2n) is 5.20. The molecule has 1 saturated heterocycles. The van der Waals surface area contributed by atoms with Crippen LogP contribution in [0.4, 0.5) is 0 Å². The summed E-state index contributed by atoms with van der Waals surface area (Å²) in [5, 5.41) is 9.88. The molecule has 0 spiro atoms. The van der Waals surface area contributed by atoms with Gasteiger partial charge < -0.3 is 19.5 Å². The summed E-state index contributed by atoms with van der Waals surface area (Å²) in [4.78, 5) is 29.3. The lowest BCUT2D eigenvalue weighted by atomic mass is 10.1. The molecule has 3 rings (SSSR count). The van der Waals surface area contributed by atoms with E-state index in [0.29, 0.717) is 12.1 Å². The van der Waals surface area contributed by atoms with Gasteiger partial charge in [-0.2, -0.15) is 0 Å². The third-order valence-electron chi connectivity index (χ3n) is 3.74. The van der Waals surface area contributed by atoms with Crippen molar-refractivity contribution in [2.75, 3.05) is 26.8 Å². The van der Waals surface area contributed by atoms with E-state index < -0.39 is 12.1 Å². The first-order valence-corrected chi connectivity index (χ1v) is 7.17. The van der Waals surface area contributed by atoms with Crippen molar-refractivity contribution >= 4 is 22.8 Å². The molecule has 23 heavy (non-hydrogen) atoms. The molecule has 1 aromatic carbocycles. The van der Waals surface area contributed by atoms with Crippen LogP contribution in [0.15, 0.2) is 30.3 Å². The van der Waals surface area contributed by atoms with Crippen LogP contribution in [0.3, 0.4) is 0 Å². The number of carbonyl (C=O) groups is 2. The molecule has 120 valence electrons. The third-order valence-corrected chi connectivity index (χ3v) is 3.74. The first-order chi connectivity index (χ1) is 11.1. The molecule has 0 bridgehead atoms. The zero-order chi connectivity index (χ0) is 16.4. The van der Waals surface area contributed by atoms with E-state index in [2.05, 4.69) is 4.98 Å². The molecule has 7 nitrogen and oxygen atoms in total. The van der Waals surface area contributed by atoms with Crippen molar-refractivity contribution in [2.24, 2.45) is 0 Å². The van der Waals surface area contributed by atoms with Crippen molar-refractivity contribution in [2.45, 2.75) is 6.10 Å². The summed E-state index contributed by atoms with van der Waals surface area (Å²) in [5.74, 6) is -0.644. The molecule has 1 fully saturated rings. The highest BCUT2D eigenvalue weighted by atomic mass is 16.5. The monoisotopic (exact) mass is 316 g/mol. The minimum atomic E-state index is -1.07. The number of hydrogen-bond donors (Lipinski definition) is 1. The maximum atomic E-state index is 12.5. The highest BCUT2D eigenvalue weighted by Gasteiger charge is 2.29. The highest BCUT2D eigenvalue weighted by Crippen LogP contribution is 2.20. The van der Waals surface area contributed by atoms with Gasteiger partial charge in [0.15, 0.2) is 6.10 Å². The molecule has 0 saturated carbocycles. The maximum Gasteiger partial charge on any atom is 0.334 e. The Morgan fingerprint density at radius 3 is 2.91 bits per heavy atom. The van der Waals surface area contributed by atoms with Gasteiger partial charge in [-0.15, -0.1) is 0 Å². The third kappa shape index (κ3) is 3.09. The number of aliphatic carboxylic acids is 1. The number of carboxylic acids is 1. The van der Waals surface area contributed by atoms with Crippen LogP contribution in [0.2, 0.25) is 0 Å². The summed E-state index contributed by atoms with van der Waals surface area (Å²) >= 11 is 0. The number of fused-ring (bicyclic) bond motifs is 1. The van der Waals surface area contributed by atoms with Crippen LogP contribution in [0, 0.1) is 0 Å². The van der Waals surface area contributed by atoms with E-state index in [1.165, 1.54) is 4.90 Å². The van der Waals surface area contributed by atoms with Crippen molar-refractivity contribution in [3.05, 3.63) is 36.0 Å². The molecular formula is C16H16N2O5. The largest absolute Gasteiger partial charge is 0.497 e. The number of carboxylic acid groups (broad SMARTS) is 1. The van der Waals surface area contributed by atoms with Crippen LogP contribution in [0.25, 0.3) is 10.9 Å². The van der Waals surface area contributed by atoms with Crippen molar-refractivity contribution < 1.29 is 24.2 Å². The number of morpholine rings is 1. The quantitative estimate of drug-likeness (QED) is 0.914. The average molecular weight is 316 g/mol. The van der Waals surface area contributed by atoms with Gasteiger partial charge >= 0.3 is 5.97 Å². The molecule has 1 N–H and O–H groups in total. The van der Waals surface area contributed by atoms with Gasteiger partial charge in [0.1, 0.15) is 11.4 Å². The fourth-order valence-corrected chi connectivity index (χ4v) is 2.49. The number of nitrogens with zero attached hydrogens (tertiary/aromatic N) is 2. The van der Waals surface area contributed by atoms with Crippen LogP contribution in [0.5, 0.6) is 5.75 Å². The average Bonchev–Trinajstić information content (AvgIpc) is 2.60. The van der Waals surface area contributed by atoms with Crippen LogP contribution in [-0.2, 0) is 9.53 Å². The minimum absolute atomic E-state index is 0.0243. The Morgan fingerprint density at radius 2 is 2.17 bits per heavy atom. The topological polar surface area (TPSA) is 89.0 Å². The van der Waals surface area contributed by atoms with Crippen molar-refractivity contribution in [1.29, 1.82) is 0 Å². The van der Waals surface area contributed by atoms with E-state index in [9.17, 15) is 9.59 Å². The van der Waals surface area contributed by atoms with Gasteiger partial charge in [0.05, 0.1) is 25.8 Å². The number of benzene rings is 1. The summed E-state index contributed by atoms with van der Waals surface area (Å²) < 4.78 is 10.3. The fraction of sp³-hybridized carbons (Fsp3) is 0.312. The number of hydrogen-bond acceptors (Lipinski definition) is 5. The second kappa shape index (κ2) is 6.21. The predicted molar refractivity (Wildman–Crippen MR) is 81.6 cm³/mol. The standard InChI is InChI=1S/C16H16N2O5/c1-22-11-3-5-12-10(8-11)2-4-13(17-12)15(19)18-6-7-23-14(9-18)16(20)21/h2-5,8,14H,6-7,9H2,1H3,(H,20,21)/t14-/m1/s1. The van der Waals surface area contributed by atoms with Crippen LogP contribution in [-0.4, -0.2) is 59.8 Å². The van der Waals surface area contributed by atoms with Crippen molar-refractivity contribution in [3.8, 4) is 5.75 Å². The van der Waals surface area contributed by atoms with Gasteiger partial charge in [-0.25, -0.2) is 9.78 Å². The maximum absolute atomic E-state index is 12.5. The molecule has 0 radical (unpaired) electrons. The van der Waals surface area contributed by atoms with Gasteiger partial charge in [0.25, 0.3) is 5.91 Å². The van der Waals surface area contributed by atoms with Crippen molar-refractivity contribution in [3.63, 3.8) is 0 Å². The number of rotatable bonds is 3. The number of aromatic nitrogens is 1. The summed E-state index contributed by atoms with van der Waals surface area (Å²) in [7, 11) is 1.59. The molecule has 0 aliphatic carbocycles. The van der Waals surface area contributed by atoms with E-state index in [-0.39, 0.29) is 24.8 Å². The zero-order valence-corrected chi connectivity index (χ0v) is 12.6. The Hall–Kier alpha value is -2.67. The lowest BCUT2D eigenvalue weighted by molar-refractivity contribution is -0.154. The Balaban J connectivity index is 1.84. The fourth-order valence-electron chi connectivity index (χ4n) is 2.49. The SMILES string of the molecule is COc1ccc2nc(C(=O)N3CCO[C@@H](C(=O)O)C3)ccc2c1. The first kappa shape index (κ1) is 15.2. The van der Waals surface area contributed by atoms with Gasteiger partial charge in [-0.3, -0.25) is 4.79 Å². The van der Waals surface area contributed by atoms with E-state index >= 15 is 0 Å². The molecular weight excluding hydrogens is 300 g/mol. The Kier molecular flexibility index (Phi) is 4.12. The lowest BCUT2D eigenvalue weighted by Gasteiger charge is -2.30. The minimum Gasteiger partial charge on any atom is -0.497 e. The van der Waals surface area contributed by atoms with E-state index in [0.717, 1.165) is 11.1 Å². The molecule has 1 amide bonds. The highest BCUT2D eigenvalue weighted by molar-refractivity contribution is 5.95. The number of pyridine rings is 1. The van der Waals surface area contributed by atoms with E-state index in [4.69, 9.17) is 14.6 Å². The molecule has 1 aliphatic heterocycles. The molecule has 2 heterocycles. The second-order valence-corrected chi connectivity index (χ2v) is 5.20. The van der Waals surface area contributed by atoms with Gasteiger partial charge in [0.2, 0.25) is 0 Å². The van der Waals surface area contributed by atoms with Crippen LogP contribution < -0.4 is 4.74 Å². The molecule has 0 unspecified atom stereocenters. The Bertz CT molecular complexity index is 761. The van der Waals surface area contributed by atoms with Gasteiger partial charge in [-0.05, 0) is 24.3 Å². The van der Waals surface area contributed by atoms with Crippen LogP contribution >= 0.6 is 0 Å². The van der Waals surface area contributed by atoms with Crippen molar-refractivity contribution in [1.82, 2.24) is 9.88 Å². The molecule has 1 atom stereocenters. The molecule has 1 aromatic heterocycles. The van der Waals surface area contributed by atoms with E-state index in [1.807, 2.05) is 6.07 Å². The smallest absolute Gasteiger partial charge is 0.334 e. The number of carbonyl (C=O) groups excluding carboxylic acids is 1. The van der Waals surface area contributed by atoms with E-state index in [1.54, 1.807) is 31.4 Å². The number of amides is 1. The molecule has 2 aromatic rings. The number of methoxy groups -OCH3 is 1. The Morgan fingerprint density at radius 1 is 1.35 bits per heavy atom. The summed E-state index contributed by atoms with van der Waals surface area (Å²) in [5.41, 5.74) is 0.966. The molecule has 7 heteroatoms. The van der Waals surface area contributed by atoms with Crippen LogP contribution in [0.1, 0.15) is 10.5 Å². The molecule has 1 aliphatic rings. The lowest BCUT2D eigenvalue weighted by Crippen LogP contribution is -2.48. The predicted octanol–water partition coefficient (Wildman–Crippen LogP) is 1.17. The normalized spacial score (nSPS) is 18.0.